The number of nitrogens with zero attached hydrogens (tertiary/aromatic N) is 1. The zero-order valence-electron chi connectivity index (χ0n) is 11.0. The summed E-state index contributed by atoms with van der Waals surface area (Å²) in [6, 6.07) is 8.86. The third-order valence-corrected chi connectivity index (χ3v) is 3.28. The molecule has 1 aromatic carbocycles. The van der Waals surface area contributed by atoms with Gasteiger partial charge in [-0.2, -0.15) is 0 Å². The Morgan fingerprint density at radius 2 is 2.05 bits per heavy atom. The van der Waals surface area contributed by atoms with E-state index in [-0.39, 0.29) is 0 Å². The second kappa shape index (κ2) is 6.93. The maximum atomic E-state index is 10.5. The second-order valence-electron chi connectivity index (χ2n) is 4.31. The van der Waals surface area contributed by atoms with Crippen molar-refractivity contribution in [1.29, 1.82) is 0 Å². The lowest BCUT2D eigenvalue weighted by molar-refractivity contribution is 0.206. The Bertz CT molecular complexity index is 590. The van der Waals surface area contributed by atoms with E-state index in [1.807, 2.05) is 25.1 Å². The van der Waals surface area contributed by atoms with E-state index in [1.165, 1.54) is 6.20 Å². The molecule has 0 spiro atoms. The van der Waals surface area contributed by atoms with Crippen molar-refractivity contribution in [2.45, 2.75) is 19.4 Å². The highest BCUT2D eigenvalue weighted by atomic mass is 35.5. The average Bonchev–Trinajstić information content (AvgIpc) is 2.45. The number of para-hydroxylation sites is 1. The molecule has 0 bridgehead atoms. The fourth-order valence-electron chi connectivity index (χ4n) is 1.82. The van der Waals surface area contributed by atoms with Gasteiger partial charge in [-0.3, -0.25) is 4.98 Å². The van der Waals surface area contributed by atoms with Crippen LogP contribution in [0.5, 0.6) is 5.75 Å². The molecule has 1 unspecified atom stereocenters. The smallest absolute Gasteiger partial charge is 0.126 e. The summed E-state index contributed by atoms with van der Waals surface area (Å²) in [5, 5.41) is 11.2. The van der Waals surface area contributed by atoms with Gasteiger partial charge in [0.25, 0.3) is 0 Å². The van der Waals surface area contributed by atoms with E-state index in [4.69, 9.17) is 27.9 Å². The summed E-state index contributed by atoms with van der Waals surface area (Å²) in [6.07, 6.45) is 1.40. The second-order valence-corrected chi connectivity index (χ2v) is 5.15. The first-order valence-electron chi connectivity index (χ1n) is 6.34. The van der Waals surface area contributed by atoms with Crippen molar-refractivity contribution in [3.05, 3.63) is 57.8 Å². The number of hydrogen-bond acceptors (Lipinski definition) is 3. The number of ether oxygens (including phenoxy) is 1. The van der Waals surface area contributed by atoms with Crippen LogP contribution in [0.25, 0.3) is 0 Å². The van der Waals surface area contributed by atoms with E-state index in [0.717, 1.165) is 6.42 Å². The quantitative estimate of drug-likeness (QED) is 0.897. The fourth-order valence-corrected chi connectivity index (χ4v) is 2.31. The van der Waals surface area contributed by atoms with Crippen LogP contribution in [0.4, 0.5) is 0 Å². The molecule has 0 aliphatic heterocycles. The van der Waals surface area contributed by atoms with Crippen LogP contribution >= 0.6 is 23.2 Å². The minimum Gasteiger partial charge on any atom is -0.493 e. The van der Waals surface area contributed by atoms with Crippen LogP contribution in [0, 0.1) is 0 Å². The first-order valence-corrected chi connectivity index (χ1v) is 7.09. The van der Waals surface area contributed by atoms with Gasteiger partial charge in [-0.1, -0.05) is 48.3 Å². The Morgan fingerprint density at radius 1 is 1.30 bits per heavy atom. The van der Waals surface area contributed by atoms with E-state index < -0.39 is 6.10 Å². The largest absolute Gasteiger partial charge is 0.493 e. The molecular formula is C15H15Cl2NO2. The summed E-state index contributed by atoms with van der Waals surface area (Å²) in [7, 11) is 0. The summed E-state index contributed by atoms with van der Waals surface area (Å²) in [4.78, 5) is 4.11. The molecule has 3 nitrogen and oxygen atoms in total. The molecule has 20 heavy (non-hydrogen) atoms. The van der Waals surface area contributed by atoms with Crippen molar-refractivity contribution in [3.8, 4) is 5.75 Å². The molecule has 0 aliphatic rings. The van der Waals surface area contributed by atoms with Gasteiger partial charge in [-0.15, -0.1) is 0 Å². The van der Waals surface area contributed by atoms with Gasteiger partial charge in [-0.05, 0) is 18.6 Å². The van der Waals surface area contributed by atoms with Gasteiger partial charge >= 0.3 is 0 Å². The SMILES string of the molecule is CCCOc1ccccc1C(O)c1ncc(Cl)cc1Cl. The lowest BCUT2D eigenvalue weighted by Crippen LogP contribution is -2.07. The van der Waals surface area contributed by atoms with E-state index in [0.29, 0.717) is 33.7 Å². The lowest BCUT2D eigenvalue weighted by Gasteiger charge is -2.16. The molecule has 106 valence electrons. The van der Waals surface area contributed by atoms with Crippen LogP contribution in [0.2, 0.25) is 10.0 Å². The number of benzene rings is 1. The minimum atomic E-state index is -0.951. The number of halogens is 2. The topological polar surface area (TPSA) is 42.4 Å². The molecule has 0 saturated heterocycles. The number of aromatic nitrogens is 1. The Labute approximate surface area is 128 Å². The van der Waals surface area contributed by atoms with Crippen molar-refractivity contribution in [3.63, 3.8) is 0 Å². The van der Waals surface area contributed by atoms with Crippen LogP contribution < -0.4 is 4.74 Å². The molecule has 0 amide bonds. The van der Waals surface area contributed by atoms with Crippen LogP contribution in [0.15, 0.2) is 36.5 Å². The third kappa shape index (κ3) is 3.42. The van der Waals surface area contributed by atoms with Crippen molar-refractivity contribution in [1.82, 2.24) is 4.98 Å². The molecule has 2 aromatic rings. The summed E-state index contributed by atoms with van der Waals surface area (Å²) >= 11 is 11.9. The fraction of sp³-hybridized carbons (Fsp3) is 0.267. The maximum absolute atomic E-state index is 10.5. The molecule has 5 heteroatoms. The van der Waals surface area contributed by atoms with Crippen molar-refractivity contribution in [2.24, 2.45) is 0 Å². The number of hydrogen-bond donors (Lipinski definition) is 1. The van der Waals surface area contributed by atoms with Gasteiger partial charge < -0.3 is 9.84 Å². The van der Waals surface area contributed by atoms with E-state index in [2.05, 4.69) is 4.98 Å². The Morgan fingerprint density at radius 3 is 2.75 bits per heavy atom. The van der Waals surface area contributed by atoms with Gasteiger partial charge in [0.05, 0.1) is 22.3 Å². The molecule has 2 rings (SSSR count). The zero-order chi connectivity index (χ0) is 14.5. The molecule has 0 radical (unpaired) electrons. The molecule has 1 heterocycles. The molecule has 1 aromatic heterocycles. The van der Waals surface area contributed by atoms with E-state index in [9.17, 15) is 5.11 Å². The van der Waals surface area contributed by atoms with Crippen molar-refractivity contribution >= 4 is 23.2 Å². The summed E-state index contributed by atoms with van der Waals surface area (Å²) < 4.78 is 5.64. The first-order chi connectivity index (χ1) is 9.63. The normalized spacial score (nSPS) is 12.2. The van der Waals surface area contributed by atoms with Gasteiger partial charge in [0, 0.05) is 11.8 Å². The summed E-state index contributed by atoms with van der Waals surface area (Å²) in [6.45, 7) is 2.61. The van der Waals surface area contributed by atoms with Crippen LogP contribution in [-0.2, 0) is 0 Å². The first kappa shape index (κ1) is 15.1. The summed E-state index contributed by atoms with van der Waals surface area (Å²) in [5.41, 5.74) is 1.00. The van der Waals surface area contributed by atoms with E-state index in [1.54, 1.807) is 12.1 Å². The predicted molar refractivity (Wildman–Crippen MR) is 80.5 cm³/mol. The van der Waals surface area contributed by atoms with Crippen molar-refractivity contribution in [2.75, 3.05) is 6.61 Å². The van der Waals surface area contributed by atoms with Gasteiger partial charge in [0.1, 0.15) is 11.9 Å². The van der Waals surface area contributed by atoms with Crippen LogP contribution in [0.1, 0.15) is 30.7 Å². The predicted octanol–water partition coefficient (Wildman–Crippen LogP) is 4.26. The van der Waals surface area contributed by atoms with Crippen LogP contribution in [-0.4, -0.2) is 16.7 Å². The third-order valence-electron chi connectivity index (χ3n) is 2.77. The standard InChI is InChI=1S/C15H15Cl2NO2/c1-2-7-20-13-6-4-3-5-11(13)15(19)14-12(17)8-10(16)9-18-14/h3-6,8-9,15,19H,2,7H2,1H3. The molecule has 1 atom stereocenters. The van der Waals surface area contributed by atoms with Gasteiger partial charge in [0.15, 0.2) is 0 Å². The highest BCUT2D eigenvalue weighted by molar-refractivity contribution is 6.34. The molecular weight excluding hydrogens is 297 g/mol. The number of aliphatic hydroxyl groups is 1. The Balaban J connectivity index is 2.35. The number of pyridine rings is 1. The number of rotatable bonds is 5. The molecule has 0 saturated carbocycles. The zero-order valence-corrected chi connectivity index (χ0v) is 12.5. The maximum Gasteiger partial charge on any atom is 0.126 e. The summed E-state index contributed by atoms with van der Waals surface area (Å²) in [5.74, 6) is 0.634. The highest BCUT2D eigenvalue weighted by Crippen LogP contribution is 2.33. The van der Waals surface area contributed by atoms with E-state index >= 15 is 0 Å². The molecule has 1 N–H and O–H groups in total. The van der Waals surface area contributed by atoms with Gasteiger partial charge in [-0.25, -0.2) is 0 Å². The molecule has 0 aliphatic carbocycles. The Kier molecular flexibility index (Phi) is 5.24. The lowest BCUT2D eigenvalue weighted by atomic mass is 10.0. The highest BCUT2D eigenvalue weighted by Gasteiger charge is 2.19. The van der Waals surface area contributed by atoms with Crippen LogP contribution in [0.3, 0.4) is 0 Å². The van der Waals surface area contributed by atoms with Gasteiger partial charge in [0.2, 0.25) is 0 Å². The molecule has 0 fully saturated rings. The Hall–Kier alpha value is -1.29. The monoisotopic (exact) mass is 311 g/mol. The number of aliphatic hydroxyl groups excluding tert-OH is 1. The average molecular weight is 312 g/mol. The van der Waals surface area contributed by atoms with Crippen molar-refractivity contribution < 1.29 is 9.84 Å². The minimum absolute atomic E-state index is 0.329.